The first-order valence-electron chi connectivity index (χ1n) is 11.9. The molecule has 1 aromatic rings. The van der Waals surface area contributed by atoms with E-state index in [1.165, 1.54) is 76.7 Å². The molecular weight excluding hydrogens is 400 g/mol. The number of hydrogen-bond acceptors (Lipinski definition) is 0. The predicted molar refractivity (Wildman–Crippen MR) is 118 cm³/mol. The molecule has 0 unspecified atom stereocenters. The molecule has 2 saturated carbocycles. The standard InChI is InChI=1S/C27H34F4/c1-2-20-7-9-22(10-8-20)15-16-23-13-11-21(12-14-23)5-3-4-6-24-17-18-25(26(28)19-24)27(29,30)31/h3,5,17-23H,2,7-16H2,1H3/t20-,21-,22-,23-. The van der Waals surface area contributed by atoms with Gasteiger partial charge in [0.25, 0.3) is 0 Å². The van der Waals surface area contributed by atoms with E-state index in [1.54, 1.807) is 6.08 Å². The summed E-state index contributed by atoms with van der Waals surface area (Å²) in [7, 11) is 0. The van der Waals surface area contributed by atoms with E-state index in [0.29, 0.717) is 5.92 Å². The summed E-state index contributed by atoms with van der Waals surface area (Å²) in [4.78, 5) is 0. The zero-order valence-electron chi connectivity index (χ0n) is 18.5. The lowest BCUT2D eigenvalue weighted by Gasteiger charge is -2.31. The highest BCUT2D eigenvalue weighted by atomic mass is 19.4. The second-order valence-electron chi connectivity index (χ2n) is 9.47. The van der Waals surface area contributed by atoms with E-state index in [0.717, 1.165) is 29.9 Å². The van der Waals surface area contributed by atoms with Crippen LogP contribution in [0.1, 0.15) is 88.7 Å². The van der Waals surface area contributed by atoms with Crippen molar-refractivity contribution in [2.24, 2.45) is 23.7 Å². The predicted octanol–water partition coefficient (Wildman–Crippen LogP) is 8.56. The minimum Gasteiger partial charge on any atom is -0.206 e. The van der Waals surface area contributed by atoms with Crippen LogP contribution in [0.15, 0.2) is 30.4 Å². The van der Waals surface area contributed by atoms with Crippen molar-refractivity contribution in [3.63, 3.8) is 0 Å². The molecular formula is C27H34F4. The maximum atomic E-state index is 13.6. The summed E-state index contributed by atoms with van der Waals surface area (Å²) < 4.78 is 51.4. The van der Waals surface area contributed by atoms with Crippen LogP contribution in [0.4, 0.5) is 17.6 Å². The summed E-state index contributed by atoms with van der Waals surface area (Å²) in [6, 6.07) is 2.82. The lowest BCUT2D eigenvalue weighted by molar-refractivity contribution is -0.140. The molecule has 2 aliphatic rings. The Morgan fingerprint density at radius 3 is 2.03 bits per heavy atom. The highest BCUT2D eigenvalue weighted by Gasteiger charge is 2.33. The number of allylic oxidation sites excluding steroid dienone is 2. The van der Waals surface area contributed by atoms with Crippen LogP contribution in [0.3, 0.4) is 0 Å². The molecule has 2 aliphatic carbocycles. The van der Waals surface area contributed by atoms with Gasteiger partial charge in [-0.05, 0) is 73.6 Å². The van der Waals surface area contributed by atoms with Gasteiger partial charge >= 0.3 is 6.18 Å². The Bertz CT molecular complexity index is 780. The summed E-state index contributed by atoms with van der Waals surface area (Å²) in [6.45, 7) is 2.32. The van der Waals surface area contributed by atoms with Crippen molar-refractivity contribution >= 4 is 0 Å². The monoisotopic (exact) mass is 434 g/mol. The normalized spacial score (nSPS) is 27.1. The molecule has 3 rings (SSSR count). The number of benzene rings is 1. The largest absolute Gasteiger partial charge is 0.419 e. The van der Waals surface area contributed by atoms with Crippen molar-refractivity contribution < 1.29 is 17.6 Å². The fraction of sp³-hybridized carbons (Fsp3) is 0.630. The summed E-state index contributed by atoms with van der Waals surface area (Å²) in [5.41, 5.74) is -0.995. The molecule has 31 heavy (non-hydrogen) atoms. The van der Waals surface area contributed by atoms with Gasteiger partial charge in [0.1, 0.15) is 5.82 Å². The molecule has 2 fully saturated rings. The Morgan fingerprint density at radius 1 is 0.903 bits per heavy atom. The fourth-order valence-electron chi connectivity index (χ4n) is 5.20. The van der Waals surface area contributed by atoms with Crippen LogP contribution in [-0.2, 0) is 6.18 Å². The first-order chi connectivity index (χ1) is 14.8. The number of halogens is 4. The minimum absolute atomic E-state index is 0.256. The van der Waals surface area contributed by atoms with Crippen molar-refractivity contribution in [2.45, 2.75) is 83.7 Å². The van der Waals surface area contributed by atoms with Crippen molar-refractivity contribution in [2.75, 3.05) is 0 Å². The Morgan fingerprint density at radius 2 is 1.48 bits per heavy atom. The zero-order chi connectivity index (χ0) is 22.3. The summed E-state index contributed by atoms with van der Waals surface area (Å²) in [5, 5.41) is 0. The molecule has 4 heteroatoms. The van der Waals surface area contributed by atoms with Gasteiger partial charge in [-0.3, -0.25) is 0 Å². The van der Waals surface area contributed by atoms with Gasteiger partial charge in [-0.1, -0.05) is 69.8 Å². The van der Waals surface area contributed by atoms with Crippen LogP contribution >= 0.6 is 0 Å². The maximum absolute atomic E-state index is 13.6. The third-order valence-corrected chi connectivity index (χ3v) is 7.36. The molecule has 0 aliphatic heterocycles. The van der Waals surface area contributed by atoms with Gasteiger partial charge in [0.05, 0.1) is 5.56 Å². The zero-order valence-corrected chi connectivity index (χ0v) is 18.5. The molecule has 0 atom stereocenters. The van der Waals surface area contributed by atoms with Crippen molar-refractivity contribution in [3.05, 3.63) is 47.3 Å². The molecule has 0 amide bonds. The van der Waals surface area contributed by atoms with Crippen LogP contribution in [0.2, 0.25) is 0 Å². The van der Waals surface area contributed by atoms with E-state index in [2.05, 4.69) is 24.8 Å². The van der Waals surface area contributed by atoms with E-state index >= 15 is 0 Å². The molecule has 0 spiro atoms. The second kappa shape index (κ2) is 11.2. The average Bonchev–Trinajstić information content (AvgIpc) is 2.75. The molecule has 1 aromatic carbocycles. The van der Waals surface area contributed by atoms with Gasteiger partial charge in [-0.2, -0.15) is 13.2 Å². The maximum Gasteiger partial charge on any atom is 0.419 e. The summed E-state index contributed by atoms with van der Waals surface area (Å²) >= 11 is 0. The average molecular weight is 435 g/mol. The molecule has 0 saturated heterocycles. The Kier molecular flexibility index (Phi) is 8.64. The van der Waals surface area contributed by atoms with Gasteiger partial charge in [0.15, 0.2) is 0 Å². The Balaban J connectivity index is 1.38. The third-order valence-electron chi connectivity index (χ3n) is 7.36. The molecule has 170 valence electrons. The van der Waals surface area contributed by atoms with Crippen LogP contribution in [0.5, 0.6) is 0 Å². The number of hydrogen-bond donors (Lipinski definition) is 0. The first-order valence-corrected chi connectivity index (χ1v) is 11.9. The molecule has 0 aromatic heterocycles. The van der Waals surface area contributed by atoms with Crippen LogP contribution < -0.4 is 0 Å². The van der Waals surface area contributed by atoms with E-state index in [4.69, 9.17) is 0 Å². The van der Waals surface area contributed by atoms with Gasteiger partial charge in [0, 0.05) is 5.56 Å². The number of rotatable bonds is 5. The second-order valence-corrected chi connectivity index (χ2v) is 9.47. The smallest absolute Gasteiger partial charge is 0.206 e. The van der Waals surface area contributed by atoms with E-state index in [9.17, 15) is 17.6 Å². The SMILES string of the molecule is CC[C@H]1CC[C@H](CC[C@H]2CC[C@H](C=CC#Cc3ccc(C(F)(F)F)c(F)c3)CC2)CC1. The van der Waals surface area contributed by atoms with Crippen molar-refractivity contribution in [3.8, 4) is 11.8 Å². The van der Waals surface area contributed by atoms with Crippen molar-refractivity contribution in [1.82, 2.24) is 0 Å². The Labute approximate surface area is 184 Å². The molecule has 0 bridgehead atoms. The van der Waals surface area contributed by atoms with E-state index in [1.807, 2.05) is 0 Å². The molecule has 0 nitrogen and oxygen atoms in total. The first kappa shape index (κ1) is 23.9. The van der Waals surface area contributed by atoms with Gasteiger partial charge in [-0.25, -0.2) is 4.39 Å². The van der Waals surface area contributed by atoms with E-state index in [-0.39, 0.29) is 5.56 Å². The van der Waals surface area contributed by atoms with E-state index < -0.39 is 17.6 Å². The minimum atomic E-state index is -4.68. The lowest BCUT2D eigenvalue weighted by Crippen LogP contribution is -2.17. The van der Waals surface area contributed by atoms with Gasteiger partial charge < -0.3 is 0 Å². The van der Waals surface area contributed by atoms with Crippen molar-refractivity contribution in [1.29, 1.82) is 0 Å². The highest BCUT2D eigenvalue weighted by Crippen LogP contribution is 2.37. The topological polar surface area (TPSA) is 0 Å². The van der Waals surface area contributed by atoms with Crippen LogP contribution in [0.25, 0.3) is 0 Å². The van der Waals surface area contributed by atoms with Gasteiger partial charge in [0.2, 0.25) is 0 Å². The summed E-state index contributed by atoms with van der Waals surface area (Å²) in [5.74, 6) is 7.60. The van der Waals surface area contributed by atoms with Crippen LogP contribution in [0, 0.1) is 41.3 Å². The number of alkyl halides is 3. The van der Waals surface area contributed by atoms with Crippen LogP contribution in [-0.4, -0.2) is 0 Å². The molecule has 0 heterocycles. The fourth-order valence-corrected chi connectivity index (χ4v) is 5.20. The third kappa shape index (κ3) is 7.41. The highest BCUT2D eigenvalue weighted by molar-refractivity contribution is 5.39. The summed E-state index contributed by atoms with van der Waals surface area (Å²) in [6.07, 6.45) is 13.9. The quantitative estimate of drug-likeness (QED) is 0.322. The van der Waals surface area contributed by atoms with Gasteiger partial charge in [-0.15, -0.1) is 0 Å². The molecule has 0 radical (unpaired) electrons. The molecule has 0 N–H and O–H groups in total. The Hall–Kier alpha value is -1.76. The lowest BCUT2D eigenvalue weighted by atomic mass is 9.75.